The van der Waals surface area contributed by atoms with E-state index < -0.39 is 66.8 Å². The van der Waals surface area contributed by atoms with Crippen LogP contribution in [0.3, 0.4) is 0 Å². The highest BCUT2D eigenvalue weighted by atomic mass is 79.9. The fourth-order valence-corrected chi connectivity index (χ4v) is 6.23. The molecule has 226 valence electrons. The first-order chi connectivity index (χ1) is 20.0. The molecule has 0 radical (unpaired) electrons. The van der Waals surface area contributed by atoms with Gasteiger partial charge >= 0.3 is 0 Å². The minimum absolute atomic E-state index is 0.00485. The Morgan fingerprint density at radius 1 is 1.21 bits per heavy atom. The quantitative estimate of drug-likeness (QED) is 0.300. The number of nitrogens with one attached hydrogen (secondary N) is 1. The van der Waals surface area contributed by atoms with Gasteiger partial charge in [-0.1, -0.05) is 27.2 Å². The summed E-state index contributed by atoms with van der Waals surface area (Å²) in [6.07, 6.45) is -4.74. The third kappa shape index (κ3) is 5.60. The number of rotatable bonds is 7. The van der Waals surface area contributed by atoms with Crippen molar-refractivity contribution in [1.82, 2.24) is 20.3 Å². The largest absolute Gasteiger partial charge is 0.394 e. The zero-order valence-corrected chi connectivity index (χ0v) is 24.7. The zero-order chi connectivity index (χ0) is 30.3. The number of aromatic nitrogens is 3. The molecule has 11 nitrogen and oxygen atoms in total. The minimum atomic E-state index is -1.42. The Bertz CT molecular complexity index is 1440. The number of methoxy groups -OCH3 is 1. The minimum Gasteiger partial charge on any atom is -0.394 e. The first kappa shape index (κ1) is 30.6. The van der Waals surface area contributed by atoms with Crippen molar-refractivity contribution < 1.29 is 38.4 Å². The summed E-state index contributed by atoms with van der Waals surface area (Å²) in [6.45, 7) is 3.25. The maximum Gasteiger partial charge on any atom is 0.259 e. The third-order valence-electron chi connectivity index (χ3n) is 7.78. The predicted molar refractivity (Wildman–Crippen MR) is 151 cm³/mol. The Hall–Kier alpha value is -2.85. The number of anilines is 1. The van der Waals surface area contributed by atoms with Crippen LogP contribution in [0, 0.1) is 25.5 Å². The van der Waals surface area contributed by atoms with E-state index >= 15 is 0 Å². The molecular formula is C28H32BrF2N5O6. The molecule has 0 saturated carbocycles. The molecule has 1 amide bonds. The summed E-state index contributed by atoms with van der Waals surface area (Å²) >= 11 is 3.47. The van der Waals surface area contributed by atoms with Crippen LogP contribution in [0.15, 0.2) is 41.0 Å². The number of aryl methyl sites for hydroxylation is 2. The summed E-state index contributed by atoms with van der Waals surface area (Å²) in [4.78, 5) is 15.8. The first-order valence-electron chi connectivity index (χ1n) is 13.4. The summed E-state index contributed by atoms with van der Waals surface area (Å²) in [5.74, 6) is -2.68. The smallest absolute Gasteiger partial charge is 0.259 e. The lowest BCUT2D eigenvalue weighted by molar-refractivity contribution is -0.211. The Morgan fingerprint density at radius 2 is 1.98 bits per heavy atom. The molecule has 5 unspecified atom stereocenters. The van der Waals surface area contributed by atoms with Crippen molar-refractivity contribution in [2.24, 2.45) is 0 Å². The van der Waals surface area contributed by atoms with E-state index in [9.17, 15) is 28.9 Å². The number of β-amino-alcohol motifs (C(OH)–C–C–N with tert-alkyl or cyclic N) is 1. The van der Waals surface area contributed by atoms with Gasteiger partial charge in [0.05, 0.1) is 24.9 Å². The van der Waals surface area contributed by atoms with Crippen LogP contribution in [-0.4, -0.2) is 99.6 Å². The Labute approximate surface area is 249 Å². The number of nitrogens with zero attached hydrogens (tertiary/aromatic N) is 4. The monoisotopic (exact) mass is 651 g/mol. The standard InChI is InChI=1S/C28H32BrF2N5O6/c1-13-6-15(29)8-16(7-13)36(19-9-32-10-20(19)38)28(40)27-26(41-3)24(25(39)21(12-37)42-27)35-11-18(33-34-35)17-5-4-14(2)22(30)23(17)31/h4-8,11,19-21,24-27,32,37-39H,9-10,12H2,1-3H3/t19-,20-,21?,24?,25?,26?,27?/m1/s1. The molecule has 3 aromatic rings. The van der Waals surface area contributed by atoms with Crippen molar-refractivity contribution in [3.05, 3.63) is 63.8 Å². The number of carbonyl (C=O) groups excluding carboxylic acids is 1. The molecular weight excluding hydrogens is 620 g/mol. The van der Waals surface area contributed by atoms with Crippen LogP contribution in [0.4, 0.5) is 14.5 Å². The van der Waals surface area contributed by atoms with Crippen molar-refractivity contribution in [2.75, 3.05) is 31.7 Å². The topological polar surface area (TPSA) is 142 Å². The lowest BCUT2D eigenvalue weighted by atomic mass is 9.91. The summed E-state index contributed by atoms with van der Waals surface area (Å²) in [5.41, 5.74) is 1.35. The average molecular weight is 652 g/mol. The molecule has 2 aliphatic heterocycles. The predicted octanol–water partition coefficient (Wildman–Crippen LogP) is 1.65. The van der Waals surface area contributed by atoms with Crippen LogP contribution in [0.2, 0.25) is 0 Å². The fraction of sp³-hybridized carbons (Fsp3) is 0.464. The maximum atomic E-state index is 14.7. The molecule has 3 heterocycles. The molecule has 0 aliphatic carbocycles. The van der Waals surface area contributed by atoms with Crippen LogP contribution < -0.4 is 10.2 Å². The van der Waals surface area contributed by atoms with Gasteiger partial charge in [-0.15, -0.1) is 5.10 Å². The van der Waals surface area contributed by atoms with E-state index in [1.807, 2.05) is 13.0 Å². The lowest BCUT2D eigenvalue weighted by Gasteiger charge is -2.45. The molecule has 2 aliphatic rings. The van der Waals surface area contributed by atoms with Crippen molar-refractivity contribution >= 4 is 27.5 Å². The van der Waals surface area contributed by atoms with Gasteiger partial charge in [0.1, 0.15) is 30.0 Å². The number of hydrogen-bond acceptors (Lipinski definition) is 9. The highest BCUT2D eigenvalue weighted by Gasteiger charge is 2.52. The molecule has 0 bridgehead atoms. The van der Waals surface area contributed by atoms with Gasteiger partial charge in [-0.05, 0) is 49.2 Å². The van der Waals surface area contributed by atoms with Gasteiger partial charge in [0.15, 0.2) is 17.7 Å². The first-order valence-corrected chi connectivity index (χ1v) is 14.2. The van der Waals surface area contributed by atoms with Crippen molar-refractivity contribution in [1.29, 1.82) is 0 Å². The normalized spacial score (nSPS) is 27.8. The molecule has 42 heavy (non-hydrogen) atoms. The number of amides is 1. The van der Waals surface area contributed by atoms with E-state index in [0.717, 1.165) is 10.0 Å². The van der Waals surface area contributed by atoms with E-state index in [0.29, 0.717) is 12.2 Å². The molecule has 5 rings (SSSR count). The summed E-state index contributed by atoms with van der Waals surface area (Å²) in [7, 11) is 1.33. The number of hydrogen-bond donors (Lipinski definition) is 4. The van der Waals surface area contributed by atoms with Crippen LogP contribution in [0.1, 0.15) is 17.2 Å². The lowest BCUT2D eigenvalue weighted by Crippen LogP contribution is -2.63. The summed E-state index contributed by atoms with van der Waals surface area (Å²) < 4.78 is 42.6. The van der Waals surface area contributed by atoms with Gasteiger partial charge in [-0.25, -0.2) is 13.5 Å². The highest BCUT2D eigenvalue weighted by molar-refractivity contribution is 9.10. The molecule has 7 atom stereocenters. The van der Waals surface area contributed by atoms with E-state index in [1.54, 1.807) is 12.1 Å². The van der Waals surface area contributed by atoms with Gasteiger partial charge in [-0.2, -0.15) is 0 Å². The van der Waals surface area contributed by atoms with Crippen LogP contribution in [0.25, 0.3) is 11.3 Å². The molecule has 0 spiro atoms. The number of ether oxygens (including phenoxy) is 2. The van der Waals surface area contributed by atoms with Gasteiger partial charge in [0.2, 0.25) is 0 Å². The molecule has 2 fully saturated rings. The Kier molecular flexibility index (Phi) is 9.04. The highest BCUT2D eigenvalue weighted by Crippen LogP contribution is 2.36. The third-order valence-corrected chi connectivity index (χ3v) is 8.23. The van der Waals surface area contributed by atoms with Gasteiger partial charge in [-0.3, -0.25) is 4.79 Å². The van der Waals surface area contributed by atoms with Gasteiger partial charge in [0, 0.05) is 35.9 Å². The fourth-order valence-electron chi connectivity index (χ4n) is 5.64. The number of benzene rings is 2. The number of aliphatic hydroxyl groups excluding tert-OH is 3. The van der Waals surface area contributed by atoms with E-state index in [2.05, 4.69) is 31.6 Å². The Morgan fingerprint density at radius 3 is 2.62 bits per heavy atom. The molecule has 2 aromatic carbocycles. The molecule has 14 heteroatoms. The second-order valence-electron chi connectivity index (χ2n) is 10.6. The molecule has 1 aromatic heterocycles. The summed E-state index contributed by atoms with van der Waals surface area (Å²) in [6, 6.07) is 6.44. The van der Waals surface area contributed by atoms with Crippen molar-refractivity contribution in [3.63, 3.8) is 0 Å². The average Bonchev–Trinajstić information content (AvgIpc) is 3.60. The van der Waals surface area contributed by atoms with Crippen LogP contribution in [0.5, 0.6) is 0 Å². The van der Waals surface area contributed by atoms with Crippen molar-refractivity contribution in [2.45, 2.75) is 56.5 Å². The van der Waals surface area contributed by atoms with E-state index in [-0.39, 0.29) is 23.4 Å². The van der Waals surface area contributed by atoms with Crippen LogP contribution in [-0.2, 0) is 14.3 Å². The summed E-state index contributed by atoms with van der Waals surface area (Å²) in [5, 5.41) is 43.2. The second-order valence-corrected chi connectivity index (χ2v) is 11.5. The second kappa shape index (κ2) is 12.4. The Balaban J connectivity index is 1.55. The van der Waals surface area contributed by atoms with Gasteiger partial charge < -0.3 is 35.0 Å². The molecule has 2 saturated heterocycles. The van der Waals surface area contributed by atoms with E-state index in [4.69, 9.17) is 9.47 Å². The van der Waals surface area contributed by atoms with Crippen molar-refractivity contribution in [3.8, 4) is 11.3 Å². The maximum absolute atomic E-state index is 14.7. The number of carbonyl (C=O) groups is 1. The molecule has 4 N–H and O–H groups in total. The zero-order valence-electron chi connectivity index (χ0n) is 23.1. The number of halogens is 3. The number of aliphatic hydroxyl groups is 3. The van der Waals surface area contributed by atoms with Gasteiger partial charge in [0.25, 0.3) is 5.91 Å². The SMILES string of the molecule is COC1C(C(=O)N(c2cc(C)cc(Br)c2)[C@@H]2CNC[C@H]2O)OC(CO)C(O)C1n1cc(-c2ccc(C)c(F)c2F)nn1. The van der Waals surface area contributed by atoms with Crippen LogP contribution >= 0.6 is 15.9 Å². The van der Waals surface area contributed by atoms with E-state index in [1.165, 1.54) is 41.9 Å².